The molecular weight excluding hydrogens is 258 g/mol. The Morgan fingerprint density at radius 3 is 2.44 bits per heavy atom. The van der Waals surface area contributed by atoms with E-state index < -0.39 is 11.6 Å². The Kier molecular flexibility index (Phi) is 3.48. The highest BCUT2D eigenvalue weighted by Crippen LogP contribution is 2.28. The molecule has 0 aliphatic carbocycles. The minimum Gasteiger partial charge on any atom is -0.363 e. The highest BCUT2D eigenvalue weighted by Gasteiger charge is 2.10. The Morgan fingerprint density at radius 2 is 1.83 bits per heavy atom. The van der Waals surface area contributed by atoms with Crippen LogP contribution in [0.5, 0.6) is 0 Å². The largest absolute Gasteiger partial charge is 0.363 e. The van der Waals surface area contributed by atoms with Crippen LogP contribution in [0.4, 0.5) is 14.6 Å². The topological polar surface area (TPSA) is 16.1 Å². The minimum atomic E-state index is -0.623. The summed E-state index contributed by atoms with van der Waals surface area (Å²) in [6, 6.07) is 6.68. The van der Waals surface area contributed by atoms with Gasteiger partial charge in [-0.05, 0) is 29.8 Å². The molecule has 18 heavy (non-hydrogen) atoms. The molecule has 2 aromatic rings. The average molecular weight is 269 g/mol. The van der Waals surface area contributed by atoms with Gasteiger partial charge in [-0.2, -0.15) is 0 Å². The van der Waals surface area contributed by atoms with Gasteiger partial charge in [0.2, 0.25) is 0 Å². The maximum absolute atomic E-state index is 13.7. The van der Waals surface area contributed by atoms with E-state index in [1.807, 2.05) is 14.1 Å². The summed E-state index contributed by atoms with van der Waals surface area (Å²) in [7, 11) is 3.62. The third-order valence-electron chi connectivity index (χ3n) is 2.48. The van der Waals surface area contributed by atoms with E-state index in [0.29, 0.717) is 16.9 Å². The zero-order valence-electron chi connectivity index (χ0n) is 9.92. The zero-order chi connectivity index (χ0) is 13.3. The maximum atomic E-state index is 13.7. The van der Waals surface area contributed by atoms with Crippen molar-refractivity contribution in [3.8, 4) is 11.1 Å². The van der Waals surface area contributed by atoms with E-state index in [-0.39, 0.29) is 5.15 Å². The van der Waals surface area contributed by atoms with E-state index in [4.69, 9.17) is 11.6 Å². The summed E-state index contributed by atoms with van der Waals surface area (Å²) in [6.07, 6.45) is 0. The van der Waals surface area contributed by atoms with Crippen LogP contribution >= 0.6 is 11.6 Å². The first-order valence-corrected chi connectivity index (χ1v) is 5.65. The Labute approximate surface area is 109 Å². The molecular formula is C13H11ClF2N2. The lowest BCUT2D eigenvalue weighted by molar-refractivity contribution is 0.585. The quantitative estimate of drug-likeness (QED) is 0.771. The number of aromatic nitrogens is 1. The Balaban J connectivity index is 2.56. The highest BCUT2D eigenvalue weighted by atomic mass is 35.5. The molecule has 0 aliphatic rings. The van der Waals surface area contributed by atoms with Crippen molar-refractivity contribution in [2.75, 3.05) is 19.0 Å². The highest BCUT2D eigenvalue weighted by molar-refractivity contribution is 6.29. The molecule has 0 radical (unpaired) electrons. The third-order valence-corrected chi connectivity index (χ3v) is 2.67. The Bertz CT molecular complexity index is 585. The van der Waals surface area contributed by atoms with Crippen LogP contribution in [-0.2, 0) is 0 Å². The van der Waals surface area contributed by atoms with Gasteiger partial charge >= 0.3 is 0 Å². The van der Waals surface area contributed by atoms with Crippen LogP contribution in [0.2, 0.25) is 5.15 Å². The normalized spacial score (nSPS) is 10.5. The number of halogens is 3. The van der Waals surface area contributed by atoms with E-state index >= 15 is 0 Å². The Hall–Kier alpha value is -1.68. The fraction of sp³-hybridized carbons (Fsp3) is 0.154. The van der Waals surface area contributed by atoms with E-state index in [9.17, 15) is 8.78 Å². The summed E-state index contributed by atoms with van der Waals surface area (Å²) in [4.78, 5) is 5.86. The van der Waals surface area contributed by atoms with Gasteiger partial charge < -0.3 is 4.90 Å². The van der Waals surface area contributed by atoms with Gasteiger partial charge in [0, 0.05) is 25.7 Å². The molecule has 0 atom stereocenters. The first kappa shape index (κ1) is 12.8. The molecule has 1 aromatic carbocycles. The number of rotatable bonds is 2. The number of hydrogen-bond donors (Lipinski definition) is 0. The molecule has 0 aliphatic heterocycles. The van der Waals surface area contributed by atoms with Gasteiger partial charge in [-0.25, -0.2) is 13.8 Å². The monoisotopic (exact) mass is 268 g/mol. The maximum Gasteiger partial charge on any atom is 0.133 e. The van der Waals surface area contributed by atoms with Crippen LogP contribution in [0.25, 0.3) is 11.1 Å². The standard InChI is InChI=1S/C13H11ClF2N2/c1-18(2)13-6-8(5-12(14)17-13)10-4-3-9(15)7-11(10)16/h3-7H,1-2H3. The second-order valence-corrected chi connectivity index (χ2v) is 4.44. The van der Waals surface area contributed by atoms with E-state index in [1.165, 1.54) is 12.1 Å². The molecule has 1 heterocycles. The molecule has 0 N–H and O–H groups in total. The lowest BCUT2D eigenvalue weighted by atomic mass is 10.1. The fourth-order valence-electron chi connectivity index (χ4n) is 1.59. The summed E-state index contributed by atoms with van der Waals surface area (Å²) < 4.78 is 26.5. The molecule has 0 spiro atoms. The summed E-state index contributed by atoms with van der Waals surface area (Å²) in [6.45, 7) is 0. The van der Waals surface area contributed by atoms with Crippen LogP contribution < -0.4 is 4.90 Å². The van der Waals surface area contributed by atoms with Gasteiger partial charge in [-0.3, -0.25) is 0 Å². The number of hydrogen-bond acceptors (Lipinski definition) is 2. The van der Waals surface area contributed by atoms with Crippen LogP contribution in [0, 0.1) is 11.6 Å². The van der Waals surface area contributed by atoms with Gasteiger partial charge in [-0.15, -0.1) is 0 Å². The molecule has 2 rings (SSSR count). The average Bonchev–Trinajstić information content (AvgIpc) is 2.27. The number of anilines is 1. The first-order valence-electron chi connectivity index (χ1n) is 5.27. The molecule has 0 fully saturated rings. The first-order chi connectivity index (χ1) is 8.47. The lowest BCUT2D eigenvalue weighted by Gasteiger charge is -2.13. The van der Waals surface area contributed by atoms with Crippen molar-refractivity contribution in [3.05, 3.63) is 47.1 Å². The molecule has 5 heteroatoms. The number of benzene rings is 1. The van der Waals surface area contributed by atoms with Crippen LogP contribution in [0.3, 0.4) is 0 Å². The van der Waals surface area contributed by atoms with Gasteiger partial charge in [0.25, 0.3) is 0 Å². The fourth-order valence-corrected chi connectivity index (χ4v) is 1.80. The SMILES string of the molecule is CN(C)c1cc(-c2ccc(F)cc2F)cc(Cl)n1. The third kappa shape index (κ3) is 2.59. The van der Waals surface area contributed by atoms with Crippen molar-refractivity contribution >= 4 is 17.4 Å². The van der Waals surface area contributed by atoms with E-state index in [1.54, 1.807) is 17.0 Å². The number of pyridine rings is 1. The number of nitrogens with zero attached hydrogens (tertiary/aromatic N) is 2. The lowest BCUT2D eigenvalue weighted by Crippen LogP contribution is -2.10. The molecule has 0 saturated carbocycles. The zero-order valence-corrected chi connectivity index (χ0v) is 10.7. The van der Waals surface area contributed by atoms with Crippen LogP contribution in [0.15, 0.2) is 30.3 Å². The van der Waals surface area contributed by atoms with Crippen LogP contribution in [0.1, 0.15) is 0 Å². The summed E-state index contributed by atoms with van der Waals surface area (Å²) in [5, 5.41) is 0.264. The van der Waals surface area contributed by atoms with Gasteiger partial charge in [0.15, 0.2) is 0 Å². The second kappa shape index (κ2) is 4.90. The summed E-state index contributed by atoms with van der Waals surface area (Å²) in [5.41, 5.74) is 0.861. The van der Waals surface area contributed by atoms with Crippen LogP contribution in [-0.4, -0.2) is 19.1 Å². The minimum absolute atomic E-state index is 0.264. The van der Waals surface area contributed by atoms with Crippen molar-refractivity contribution in [3.63, 3.8) is 0 Å². The predicted molar refractivity (Wildman–Crippen MR) is 68.9 cm³/mol. The summed E-state index contributed by atoms with van der Waals surface area (Å²) in [5.74, 6) is -0.618. The van der Waals surface area contributed by atoms with Crippen molar-refractivity contribution in [1.29, 1.82) is 0 Å². The van der Waals surface area contributed by atoms with Gasteiger partial charge in [0.1, 0.15) is 22.6 Å². The van der Waals surface area contributed by atoms with Crippen molar-refractivity contribution in [2.45, 2.75) is 0 Å². The van der Waals surface area contributed by atoms with E-state index in [0.717, 1.165) is 6.07 Å². The molecule has 2 nitrogen and oxygen atoms in total. The van der Waals surface area contributed by atoms with Crippen molar-refractivity contribution in [1.82, 2.24) is 4.98 Å². The van der Waals surface area contributed by atoms with E-state index in [2.05, 4.69) is 4.98 Å². The molecule has 1 aromatic heterocycles. The molecule has 0 unspecified atom stereocenters. The second-order valence-electron chi connectivity index (χ2n) is 4.06. The Morgan fingerprint density at radius 1 is 1.11 bits per heavy atom. The smallest absolute Gasteiger partial charge is 0.133 e. The van der Waals surface area contributed by atoms with Gasteiger partial charge in [0.05, 0.1) is 0 Å². The molecule has 0 saturated heterocycles. The molecule has 94 valence electrons. The van der Waals surface area contributed by atoms with Crippen molar-refractivity contribution in [2.24, 2.45) is 0 Å². The van der Waals surface area contributed by atoms with Gasteiger partial charge in [-0.1, -0.05) is 11.6 Å². The molecule has 0 bridgehead atoms. The summed E-state index contributed by atoms with van der Waals surface area (Å²) >= 11 is 5.89. The predicted octanol–water partition coefficient (Wildman–Crippen LogP) is 3.75. The molecule has 0 amide bonds. The van der Waals surface area contributed by atoms with Crippen molar-refractivity contribution < 1.29 is 8.78 Å².